The second kappa shape index (κ2) is 7.66. The van der Waals surface area contributed by atoms with Crippen molar-refractivity contribution >= 4 is 21.6 Å². The van der Waals surface area contributed by atoms with Crippen molar-refractivity contribution in [1.82, 2.24) is 4.31 Å². The molecule has 3 aromatic rings. The lowest BCUT2D eigenvalue weighted by Gasteiger charge is -2.28. The summed E-state index contributed by atoms with van der Waals surface area (Å²) in [6, 6.07) is 17.5. The van der Waals surface area contributed by atoms with Gasteiger partial charge in [0.15, 0.2) is 0 Å². The molecule has 0 radical (unpaired) electrons. The number of fused-ring (bicyclic) bond motifs is 1. The van der Waals surface area contributed by atoms with E-state index in [-0.39, 0.29) is 17.3 Å². The number of sulfonamides is 1. The van der Waals surface area contributed by atoms with Gasteiger partial charge in [0.05, 0.1) is 23.1 Å². The quantitative estimate of drug-likeness (QED) is 0.569. The molecule has 2 aromatic carbocycles. The maximum Gasteiger partial charge on any atom is 0.244 e. The lowest BCUT2D eigenvalue weighted by atomic mass is 9.86. The third kappa shape index (κ3) is 3.58. The third-order valence-electron chi connectivity index (χ3n) is 6.05. The van der Waals surface area contributed by atoms with Gasteiger partial charge in [0, 0.05) is 18.8 Å². The van der Waals surface area contributed by atoms with E-state index in [1.807, 2.05) is 51.1 Å². The van der Waals surface area contributed by atoms with Crippen molar-refractivity contribution in [2.75, 3.05) is 11.9 Å². The first-order valence-electron chi connectivity index (χ1n) is 10.2. The van der Waals surface area contributed by atoms with Crippen LogP contribution in [0.1, 0.15) is 43.7 Å². The topological polar surface area (TPSA) is 70.8 Å². The van der Waals surface area contributed by atoms with Crippen molar-refractivity contribution in [3.63, 3.8) is 0 Å². The highest BCUT2D eigenvalue weighted by Gasteiger charge is 2.43. The molecule has 1 aromatic heterocycles. The number of nitrogens with zero attached hydrogens (tertiary/aromatic N) is 2. The van der Waals surface area contributed by atoms with E-state index in [1.165, 1.54) is 10.6 Å². The first-order valence-corrected chi connectivity index (χ1v) is 11.6. The van der Waals surface area contributed by atoms with Crippen molar-refractivity contribution in [2.24, 2.45) is 0 Å². The summed E-state index contributed by atoms with van der Waals surface area (Å²) >= 11 is 0. The molecule has 1 aliphatic rings. The van der Waals surface area contributed by atoms with Crippen molar-refractivity contribution in [3.8, 4) is 0 Å². The van der Waals surface area contributed by atoms with E-state index in [0.29, 0.717) is 11.3 Å². The summed E-state index contributed by atoms with van der Waals surface area (Å²) in [5.74, 6) is 0.505. The average Bonchev–Trinajstić information content (AvgIpc) is 3.34. The van der Waals surface area contributed by atoms with E-state index in [1.54, 1.807) is 42.3 Å². The van der Waals surface area contributed by atoms with E-state index >= 15 is 0 Å². The minimum Gasteiger partial charge on any atom is -0.468 e. The summed E-state index contributed by atoms with van der Waals surface area (Å²) in [6.45, 7) is 5.61. The lowest BCUT2D eigenvalue weighted by molar-refractivity contribution is -0.121. The number of anilines is 1. The number of hydrogen-bond acceptors (Lipinski definition) is 4. The Balaban J connectivity index is 1.80. The van der Waals surface area contributed by atoms with Gasteiger partial charge in [-0.15, -0.1) is 0 Å². The van der Waals surface area contributed by atoms with Gasteiger partial charge >= 0.3 is 0 Å². The van der Waals surface area contributed by atoms with Gasteiger partial charge in [-0.1, -0.05) is 30.3 Å². The fraction of sp³-hybridized carbons (Fsp3) is 0.292. The second-order valence-electron chi connectivity index (χ2n) is 8.38. The number of likely N-dealkylation sites (N-methyl/N-ethyl adjacent to an activating group) is 1. The normalized spacial score (nSPS) is 16.5. The van der Waals surface area contributed by atoms with Gasteiger partial charge < -0.3 is 9.32 Å². The van der Waals surface area contributed by atoms with Gasteiger partial charge in [-0.05, 0) is 62.2 Å². The molecule has 4 rings (SSSR count). The van der Waals surface area contributed by atoms with Crippen LogP contribution in [0.4, 0.5) is 5.69 Å². The molecule has 0 saturated carbocycles. The maximum absolute atomic E-state index is 13.8. The number of carbonyl (C=O) groups excluding carboxylic acids is 1. The Kier molecular flexibility index (Phi) is 5.27. The molecular formula is C24H26N2O4S. The van der Waals surface area contributed by atoms with Crippen LogP contribution in [-0.2, 0) is 26.8 Å². The van der Waals surface area contributed by atoms with E-state index in [9.17, 15) is 13.2 Å². The van der Waals surface area contributed by atoms with E-state index < -0.39 is 21.5 Å². The van der Waals surface area contributed by atoms with Crippen molar-refractivity contribution < 1.29 is 17.6 Å². The van der Waals surface area contributed by atoms with Crippen LogP contribution in [0.5, 0.6) is 0 Å². The zero-order valence-corrected chi connectivity index (χ0v) is 18.9. The smallest absolute Gasteiger partial charge is 0.244 e. The van der Waals surface area contributed by atoms with E-state index in [2.05, 4.69) is 0 Å². The Labute approximate surface area is 183 Å². The Hall–Kier alpha value is -2.90. The molecule has 6 nitrogen and oxygen atoms in total. The molecule has 0 saturated heterocycles. The van der Waals surface area contributed by atoms with Gasteiger partial charge in [0.1, 0.15) is 5.76 Å². The molecule has 162 valence electrons. The molecule has 31 heavy (non-hydrogen) atoms. The van der Waals surface area contributed by atoms with Crippen molar-refractivity contribution in [3.05, 3.63) is 83.8 Å². The molecule has 7 heteroatoms. The molecule has 1 amide bonds. The molecule has 1 atom stereocenters. The van der Waals surface area contributed by atoms with Crippen molar-refractivity contribution in [2.45, 2.75) is 43.7 Å². The van der Waals surface area contributed by atoms with Gasteiger partial charge in [-0.2, -0.15) is 4.31 Å². The van der Waals surface area contributed by atoms with Gasteiger partial charge in [-0.25, -0.2) is 8.42 Å². The molecule has 0 spiro atoms. The minimum absolute atomic E-state index is 0.0536. The van der Waals surface area contributed by atoms with Crippen LogP contribution < -0.4 is 4.90 Å². The molecule has 0 unspecified atom stereocenters. The highest BCUT2D eigenvalue weighted by atomic mass is 32.2. The van der Waals surface area contributed by atoms with Gasteiger partial charge in [-0.3, -0.25) is 4.79 Å². The van der Waals surface area contributed by atoms with Crippen LogP contribution in [0, 0.1) is 0 Å². The summed E-state index contributed by atoms with van der Waals surface area (Å²) in [5, 5.41) is 0. The van der Waals surface area contributed by atoms with Crippen LogP contribution in [-0.4, -0.2) is 25.7 Å². The molecule has 0 fully saturated rings. The first-order chi connectivity index (χ1) is 14.6. The minimum atomic E-state index is -3.89. The van der Waals surface area contributed by atoms with Gasteiger partial charge in [0.2, 0.25) is 15.9 Å². The summed E-state index contributed by atoms with van der Waals surface area (Å²) in [7, 11) is -2.17. The van der Waals surface area contributed by atoms with E-state index in [4.69, 9.17) is 4.42 Å². The Bertz CT molecular complexity index is 1200. The highest BCUT2D eigenvalue weighted by Crippen LogP contribution is 2.42. The summed E-state index contributed by atoms with van der Waals surface area (Å²) in [6.07, 6.45) is 1.53. The number of furan rings is 1. The Morgan fingerprint density at radius 1 is 1.06 bits per heavy atom. The van der Waals surface area contributed by atoms with E-state index in [0.717, 1.165) is 11.3 Å². The monoisotopic (exact) mass is 438 g/mol. The number of carbonyl (C=O) groups is 1. The molecule has 0 aliphatic carbocycles. The zero-order chi connectivity index (χ0) is 22.4. The first kappa shape index (κ1) is 21.3. The maximum atomic E-state index is 13.8. The molecule has 0 N–H and O–H groups in total. The lowest BCUT2D eigenvalue weighted by Crippen LogP contribution is -2.34. The summed E-state index contributed by atoms with van der Waals surface area (Å²) in [4.78, 5) is 14.4. The second-order valence-corrected chi connectivity index (χ2v) is 10.3. The largest absolute Gasteiger partial charge is 0.468 e. The summed E-state index contributed by atoms with van der Waals surface area (Å²) in [5.41, 5.74) is 1.55. The van der Waals surface area contributed by atoms with Crippen LogP contribution in [0.15, 0.2) is 76.2 Å². The molecule has 1 aliphatic heterocycles. The van der Waals surface area contributed by atoms with Crippen LogP contribution in [0.3, 0.4) is 0 Å². The number of rotatable bonds is 6. The van der Waals surface area contributed by atoms with Crippen LogP contribution in [0.25, 0.3) is 0 Å². The SMILES string of the molecule is C[C@@H](c1ccccc1)N(Cc1ccco1)S(=O)(=O)c1ccc2c(c1)C(C)(C)C(=O)N2C. The summed E-state index contributed by atoms with van der Waals surface area (Å²) < 4.78 is 34.6. The molecule has 0 bridgehead atoms. The predicted molar refractivity (Wildman–Crippen MR) is 119 cm³/mol. The van der Waals surface area contributed by atoms with Crippen molar-refractivity contribution in [1.29, 1.82) is 0 Å². The van der Waals surface area contributed by atoms with Gasteiger partial charge in [0.25, 0.3) is 0 Å². The third-order valence-corrected chi connectivity index (χ3v) is 7.97. The molecule has 2 heterocycles. The molecular weight excluding hydrogens is 412 g/mol. The fourth-order valence-corrected chi connectivity index (χ4v) is 5.74. The zero-order valence-electron chi connectivity index (χ0n) is 18.1. The average molecular weight is 439 g/mol. The predicted octanol–water partition coefficient (Wildman–Crippen LogP) is 4.49. The Morgan fingerprint density at radius 3 is 2.42 bits per heavy atom. The number of amides is 1. The number of benzene rings is 2. The van der Waals surface area contributed by atoms with Crippen LogP contribution in [0.2, 0.25) is 0 Å². The van der Waals surface area contributed by atoms with Crippen LogP contribution >= 0.6 is 0 Å². The number of hydrogen-bond donors (Lipinski definition) is 0. The standard InChI is InChI=1S/C24H26N2O4S/c1-17(18-9-6-5-7-10-18)26(16-19-11-8-14-30-19)31(28,29)20-12-13-22-21(15-20)24(2,3)23(27)25(22)4/h5-15,17H,16H2,1-4H3/t17-/m0/s1. The Morgan fingerprint density at radius 2 is 1.77 bits per heavy atom. The highest BCUT2D eigenvalue weighted by molar-refractivity contribution is 7.89. The fourth-order valence-electron chi connectivity index (χ4n) is 4.13.